The molecule has 4 heterocycles. The number of halogens is 3. The lowest BCUT2D eigenvalue weighted by Gasteiger charge is -2.62. The lowest BCUT2D eigenvalue weighted by molar-refractivity contribution is -0.141. The van der Waals surface area contributed by atoms with Gasteiger partial charge < -0.3 is 14.5 Å². The number of urea groups is 1. The van der Waals surface area contributed by atoms with Gasteiger partial charge in [-0.05, 0) is 38.5 Å². The van der Waals surface area contributed by atoms with Gasteiger partial charge in [-0.2, -0.15) is 18.3 Å². The summed E-state index contributed by atoms with van der Waals surface area (Å²) in [4.78, 5) is 28.3. The Kier molecular flexibility index (Phi) is 4.32. The van der Waals surface area contributed by atoms with E-state index >= 15 is 0 Å². The Bertz CT molecular complexity index is 1130. The summed E-state index contributed by atoms with van der Waals surface area (Å²) >= 11 is 0. The number of aromatic nitrogens is 5. The smallest absolute Gasteiger partial charge is 0.434 e. The number of rotatable bonds is 4. The zero-order valence-corrected chi connectivity index (χ0v) is 19.1. The third kappa shape index (κ3) is 3.63. The standard InChI is InChI=1S/C23H26F3N7O2/c24-23(25,26)17-7-28-18(8-27-17)35-16-5-22(6-16)11-32(12-22)20(34)31-9-21(10-31)3-15(4-21)33-13-29-19(30-33)14-1-2-14/h7-8,13-16H,1-6,9-12H2. The predicted molar refractivity (Wildman–Crippen MR) is 114 cm³/mol. The number of alkyl halides is 3. The normalized spacial score (nSPS) is 25.1. The predicted octanol–water partition coefficient (Wildman–Crippen LogP) is 3.26. The summed E-state index contributed by atoms with van der Waals surface area (Å²) in [5.41, 5.74) is -0.725. The van der Waals surface area contributed by atoms with E-state index in [9.17, 15) is 18.0 Å². The Labute approximate surface area is 199 Å². The summed E-state index contributed by atoms with van der Waals surface area (Å²) in [5.74, 6) is 1.65. The summed E-state index contributed by atoms with van der Waals surface area (Å²) in [6, 6.07) is 0.514. The van der Waals surface area contributed by atoms with E-state index in [0.29, 0.717) is 31.2 Å². The zero-order chi connectivity index (χ0) is 24.0. The molecule has 2 saturated heterocycles. The minimum absolute atomic E-state index is 0.0656. The van der Waals surface area contributed by atoms with E-state index in [1.54, 1.807) is 0 Å². The van der Waals surface area contributed by atoms with Crippen molar-refractivity contribution in [3.8, 4) is 5.88 Å². The minimum atomic E-state index is -4.51. The fraction of sp³-hybridized carbons (Fsp3) is 0.696. The zero-order valence-electron chi connectivity index (χ0n) is 19.1. The molecule has 0 N–H and O–H groups in total. The second-order valence-corrected chi connectivity index (χ2v) is 11.3. The van der Waals surface area contributed by atoms with Crippen LogP contribution < -0.4 is 4.74 Å². The third-order valence-corrected chi connectivity index (χ3v) is 8.35. The van der Waals surface area contributed by atoms with Gasteiger partial charge >= 0.3 is 12.2 Å². The van der Waals surface area contributed by atoms with Crippen LogP contribution >= 0.6 is 0 Å². The maximum Gasteiger partial charge on any atom is 0.434 e. The molecular weight excluding hydrogens is 463 g/mol. The van der Waals surface area contributed by atoms with Crippen molar-refractivity contribution in [1.29, 1.82) is 0 Å². The van der Waals surface area contributed by atoms with Gasteiger partial charge in [-0.3, -0.25) is 0 Å². The number of carbonyl (C=O) groups is 1. The molecule has 0 radical (unpaired) electrons. The summed E-state index contributed by atoms with van der Waals surface area (Å²) < 4.78 is 45.5. The van der Waals surface area contributed by atoms with Gasteiger partial charge in [0.15, 0.2) is 11.5 Å². The van der Waals surface area contributed by atoms with Crippen LogP contribution in [0.25, 0.3) is 0 Å². The van der Waals surface area contributed by atoms with Crippen LogP contribution in [0.3, 0.4) is 0 Å². The first kappa shape index (κ1) is 21.4. The molecule has 12 heteroatoms. The molecule has 186 valence electrons. The number of ether oxygens (including phenoxy) is 1. The molecule has 0 bridgehead atoms. The van der Waals surface area contributed by atoms with Crippen LogP contribution in [0.5, 0.6) is 5.88 Å². The van der Waals surface area contributed by atoms with Crippen molar-refractivity contribution < 1.29 is 22.7 Å². The van der Waals surface area contributed by atoms with Crippen molar-refractivity contribution in [1.82, 2.24) is 34.5 Å². The Morgan fingerprint density at radius 3 is 2.17 bits per heavy atom. The van der Waals surface area contributed by atoms with Gasteiger partial charge in [0.25, 0.3) is 0 Å². The largest absolute Gasteiger partial charge is 0.473 e. The van der Waals surface area contributed by atoms with Gasteiger partial charge in [0.05, 0.1) is 18.4 Å². The van der Waals surface area contributed by atoms with Crippen LogP contribution in [0.2, 0.25) is 0 Å². The molecule has 2 aromatic rings. The van der Waals surface area contributed by atoms with Crippen LogP contribution in [-0.4, -0.2) is 72.8 Å². The number of amides is 2. The van der Waals surface area contributed by atoms with Gasteiger partial charge in [0, 0.05) is 42.9 Å². The molecule has 2 amide bonds. The van der Waals surface area contributed by atoms with E-state index in [0.717, 1.165) is 50.8 Å². The quantitative estimate of drug-likeness (QED) is 0.655. The summed E-state index contributed by atoms with van der Waals surface area (Å²) in [5, 5.41) is 4.65. The van der Waals surface area contributed by atoms with Crippen molar-refractivity contribution in [2.45, 2.75) is 62.8 Å². The number of hydrogen-bond donors (Lipinski definition) is 0. The molecule has 5 fully saturated rings. The van der Waals surface area contributed by atoms with Gasteiger partial charge in [-0.15, -0.1) is 0 Å². The molecule has 0 atom stereocenters. The second-order valence-electron chi connectivity index (χ2n) is 11.3. The lowest BCUT2D eigenvalue weighted by atomic mass is 9.60. The maximum atomic E-state index is 12.9. The highest BCUT2D eigenvalue weighted by Gasteiger charge is 2.59. The molecule has 35 heavy (non-hydrogen) atoms. The molecule has 2 aliphatic heterocycles. The molecular formula is C23H26F3N7O2. The first-order chi connectivity index (χ1) is 16.7. The highest BCUT2D eigenvalue weighted by atomic mass is 19.4. The highest BCUT2D eigenvalue weighted by molar-refractivity contribution is 5.77. The van der Waals surface area contributed by atoms with Crippen LogP contribution in [0.1, 0.15) is 62.0 Å². The topological polar surface area (TPSA) is 89.3 Å². The van der Waals surface area contributed by atoms with Gasteiger partial charge in [-0.25, -0.2) is 24.4 Å². The summed E-state index contributed by atoms with van der Waals surface area (Å²) in [7, 11) is 0. The second kappa shape index (κ2) is 7.07. The van der Waals surface area contributed by atoms with E-state index in [2.05, 4.69) is 20.1 Å². The van der Waals surface area contributed by atoms with Crippen LogP contribution in [0, 0.1) is 10.8 Å². The first-order valence-electron chi connectivity index (χ1n) is 12.2. The van der Waals surface area contributed by atoms with Crippen LogP contribution in [-0.2, 0) is 6.18 Å². The molecule has 3 aliphatic carbocycles. The Hall–Kier alpha value is -2.92. The molecule has 7 rings (SSSR count). The SMILES string of the molecule is O=C(N1CC2(CC(Oc3cnc(C(F)(F)F)cn3)C2)C1)N1CC2(CC(n3cnc(C4CC4)n3)C2)C1. The van der Waals surface area contributed by atoms with E-state index in [1.807, 2.05) is 20.8 Å². The van der Waals surface area contributed by atoms with E-state index < -0.39 is 11.9 Å². The Morgan fingerprint density at radius 2 is 1.60 bits per heavy atom. The van der Waals surface area contributed by atoms with Crippen LogP contribution in [0.4, 0.5) is 18.0 Å². The van der Waals surface area contributed by atoms with Gasteiger partial charge in [-0.1, -0.05) is 0 Å². The lowest BCUT2D eigenvalue weighted by Crippen LogP contribution is -2.71. The number of nitrogens with zero attached hydrogens (tertiary/aromatic N) is 7. The fourth-order valence-corrected chi connectivity index (χ4v) is 6.32. The van der Waals surface area contributed by atoms with Crippen molar-refractivity contribution in [3.63, 3.8) is 0 Å². The number of likely N-dealkylation sites (tertiary alicyclic amines) is 2. The van der Waals surface area contributed by atoms with Crippen molar-refractivity contribution in [2.75, 3.05) is 26.2 Å². The van der Waals surface area contributed by atoms with Crippen molar-refractivity contribution in [3.05, 3.63) is 30.2 Å². The Balaban J connectivity index is 0.840. The van der Waals surface area contributed by atoms with E-state index in [1.165, 1.54) is 12.8 Å². The van der Waals surface area contributed by atoms with Gasteiger partial charge in [0.2, 0.25) is 5.88 Å². The number of carbonyl (C=O) groups excluding carboxylic acids is 1. The summed E-state index contributed by atoms with van der Waals surface area (Å²) in [6.07, 6.45) is 5.02. The van der Waals surface area contributed by atoms with E-state index in [-0.39, 0.29) is 28.8 Å². The van der Waals surface area contributed by atoms with Crippen LogP contribution in [0.15, 0.2) is 18.7 Å². The highest BCUT2D eigenvalue weighted by Crippen LogP contribution is 2.55. The average Bonchev–Trinajstić information content (AvgIpc) is 3.44. The molecule has 3 saturated carbocycles. The maximum absolute atomic E-state index is 12.9. The third-order valence-electron chi connectivity index (χ3n) is 8.35. The molecule has 0 unspecified atom stereocenters. The Morgan fingerprint density at radius 1 is 0.943 bits per heavy atom. The fourth-order valence-electron chi connectivity index (χ4n) is 6.32. The number of hydrogen-bond acceptors (Lipinski definition) is 6. The monoisotopic (exact) mass is 489 g/mol. The summed E-state index contributed by atoms with van der Waals surface area (Å²) in [6.45, 7) is 3.04. The van der Waals surface area contributed by atoms with Crippen molar-refractivity contribution in [2.24, 2.45) is 10.8 Å². The minimum Gasteiger partial charge on any atom is -0.473 e. The molecule has 2 aromatic heterocycles. The molecule has 2 spiro atoms. The average molecular weight is 490 g/mol. The van der Waals surface area contributed by atoms with E-state index in [4.69, 9.17) is 4.74 Å². The molecule has 5 aliphatic rings. The first-order valence-corrected chi connectivity index (χ1v) is 12.2. The van der Waals surface area contributed by atoms with Gasteiger partial charge in [0.1, 0.15) is 12.4 Å². The molecule has 0 aromatic carbocycles. The van der Waals surface area contributed by atoms with Crippen molar-refractivity contribution >= 4 is 6.03 Å². The molecule has 9 nitrogen and oxygen atoms in total.